The van der Waals surface area contributed by atoms with Crippen molar-refractivity contribution < 1.29 is 4.74 Å². The summed E-state index contributed by atoms with van der Waals surface area (Å²) in [5, 5.41) is 0. The zero-order valence-corrected chi connectivity index (χ0v) is 8.46. The van der Waals surface area contributed by atoms with Gasteiger partial charge in [0.1, 0.15) is 0 Å². The normalized spacial score (nSPS) is 10.0. The van der Waals surface area contributed by atoms with E-state index in [1.165, 1.54) is 7.11 Å². The topological polar surface area (TPSA) is 57.9 Å². The van der Waals surface area contributed by atoms with Gasteiger partial charge in [-0.05, 0) is 18.6 Å². The van der Waals surface area contributed by atoms with Crippen molar-refractivity contribution in [2.75, 3.05) is 7.11 Å². The van der Waals surface area contributed by atoms with Gasteiger partial charge in [0.05, 0.1) is 12.8 Å². The minimum absolute atomic E-state index is 0.269. The molecule has 0 fully saturated rings. The lowest BCUT2D eigenvalue weighted by atomic mass is 10.2. The smallest absolute Gasteiger partial charge is 0.294 e. The molecule has 0 saturated carbocycles. The van der Waals surface area contributed by atoms with E-state index in [2.05, 4.69) is 9.97 Å². The summed E-state index contributed by atoms with van der Waals surface area (Å²) in [6.45, 7) is 2.03. The maximum atomic E-state index is 11.3. The number of methoxy groups -OCH3 is 1. The summed E-state index contributed by atoms with van der Waals surface area (Å²) in [6.07, 6.45) is 1.70. The zero-order valence-electron chi connectivity index (χ0n) is 7.64. The summed E-state index contributed by atoms with van der Waals surface area (Å²) < 4.78 is 5.30. The van der Waals surface area contributed by atoms with Crippen molar-refractivity contribution in [3.63, 3.8) is 0 Å². The van der Waals surface area contributed by atoms with E-state index in [9.17, 15) is 4.79 Å². The van der Waals surface area contributed by atoms with Gasteiger partial charge in [-0.1, -0.05) is 13.3 Å². The number of aryl methyl sites for hydroxylation is 1. The van der Waals surface area contributed by atoms with E-state index >= 15 is 0 Å². The van der Waals surface area contributed by atoms with Crippen molar-refractivity contribution in [1.82, 2.24) is 9.97 Å². The Morgan fingerprint density at radius 3 is 2.69 bits per heavy atom. The van der Waals surface area contributed by atoms with Gasteiger partial charge in [-0.2, -0.15) is 0 Å². The van der Waals surface area contributed by atoms with Gasteiger partial charge >= 0.3 is 0 Å². The third-order valence-corrected chi connectivity index (χ3v) is 1.88. The Bertz CT molecular complexity index is 394. The van der Waals surface area contributed by atoms with E-state index in [0.717, 1.165) is 18.5 Å². The summed E-state index contributed by atoms with van der Waals surface area (Å²) in [6, 6.07) is 0. The summed E-state index contributed by atoms with van der Waals surface area (Å²) >= 11 is 4.84. The molecule has 1 aromatic rings. The van der Waals surface area contributed by atoms with E-state index in [0.29, 0.717) is 10.5 Å². The number of aromatic amines is 2. The van der Waals surface area contributed by atoms with E-state index in [1.807, 2.05) is 6.92 Å². The van der Waals surface area contributed by atoms with Crippen LogP contribution >= 0.6 is 12.2 Å². The van der Waals surface area contributed by atoms with Crippen LogP contribution in [0.5, 0.6) is 5.75 Å². The highest BCUT2D eigenvalue weighted by Crippen LogP contribution is 2.10. The Morgan fingerprint density at radius 2 is 2.15 bits per heavy atom. The van der Waals surface area contributed by atoms with Crippen LogP contribution in [0.3, 0.4) is 0 Å². The molecule has 0 atom stereocenters. The van der Waals surface area contributed by atoms with Crippen molar-refractivity contribution in [2.24, 2.45) is 0 Å². The molecule has 1 heterocycles. The number of H-pyrrole nitrogens is 2. The van der Waals surface area contributed by atoms with Crippen LogP contribution in [0, 0.1) is 4.77 Å². The van der Waals surface area contributed by atoms with Gasteiger partial charge in [0.15, 0.2) is 4.77 Å². The molecule has 0 bridgehead atoms. The molecule has 0 radical (unpaired) electrons. The summed E-state index contributed by atoms with van der Waals surface area (Å²) in [7, 11) is 1.47. The highest BCUT2D eigenvalue weighted by molar-refractivity contribution is 7.71. The third-order valence-electron chi connectivity index (χ3n) is 1.68. The van der Waals surface area contributed by atoms with E-state index in [4.69, 9.17) is 17.0 Å². The third kappa shape index (κ3) is 2.18. The van der Waals surface area contributed by atoms with Crippen LogP contribution in [0.2, 0.25) is 0 Å². The van der Waals surface area contributed by atoms with Crippen LogP contribution in [0.25, 0.3) is 0 Å². The van der Waals surface area contributed by atoms with Crippen LogP contribution in [0.15, 0.2) is 4.79 Å². The predicted molar refractivity (Wildman–Crippen MR) is 52.8 cm³/mol. The monoisotopic (exact) mass is 200 g/mol. The first-order valence-corrected chi connectivity index (χ1v) is 4.49. The van der Waals surface area contributed by atoms with Crippen molar-refractivity contribution in [3.8, 4) is 5.75 Å². The molecule has 0 spiro atoms. The first kappa shape index (κ1) is 9.98. The van der Waals surface area contributed by atoms with Gasteiger partial charge in [-0.3, -0.25) is 9.78 Å². The molecule has 0 aromatic carbocycles. The average Bonchev–Trinajstić information content (AvgIpc) is 2.04. The Balaban J connectivity index is 3.29. The minimum Gasteiger partial charge on any atom is -0.490 e. The lowest BCUT2D eigenvalue weighted by molar-refractivity contribution is 0.399. The number of hydrogen-bond acceptors (Lipinski definition) is 3. The first-order valence-electron chi connectivity index (χ1n) is 4.08. The molecule has 72 valence electrons. The molecular weight excluding hydrogens is 188 g/mol. The second kappa shape index (κ2) is 4.23. The molecule has 5 heteroatoms. The van der Waals surface area contributed by atoms with Crippen LogP contribution < -0.4 is 10.3 Å². The van der Waals surface area contributed by atoms with Gasteiger partial charge in [0.25, 0.3) is 5.56 Å². The summed E-state index contributed by atoms with van der Waals surface area (Å²) in [5.41, 5.74) is 0.494. The second-order valence-corrected chi connectivity index (χ2v) is 3.08. The van der Waals surface area contributed by atoms with Crippen molar-refractivity contribution in [1.29, 1.82) is 0 Å². The van der Waals surface area contributed by atoms with Crippen molar-refractivity contribution in [3.05, 3.63) is 20.8 Å². The summed E-state index contributed by atoms with van der Waals surface area (Å²) in [5.74, 6) is 0.329. The molecule has 1 aromatic heterocycles. The van der Waals surface area contributed by atoms with Crippen LogP contribution in [0.4, 0.5) is 0 Å². The molecule has 4 nitrogen and oxygen atoms in total. The molecule has 0 amide bonds. The van der Waals surface area contributed by atoms with E-state index in [1.54, 1.807) is 0 Å². The lowest BCUT2D eigenvalue weighted by Gasteiger charge is -2.05. The van der Waals surface area contributed by atoms with Crippen LogP contribution in [-0.2, 0) is 6.42 Å². The fourth-order valence-corrected chi connectivity index (χ4v) is 1.38. The van der Waals surface area contributed by atoms with Crippen molar-refractivity contribution in [2.45, 2.75) is 19.8 Å². The minimum atomic E-state index is -0.269. The standard InChI is InChI=1S/C8H12N2O2S/c1-3-4-5-6(12-2)7(11)10-8(13)9-5/h3-4H2,1-2H3,(H2,9,10,11,13). The van der Waals surface area contributed by atoms with Gasteiger partial charge in [-0.15, -0.1) is 0 Å². The average molecular weight is 200 g/mol. The molecule has 0 aliphatic heterocycles. The van der Waals surface area contributed by atoms with Gasteiger partial charge in [-0.25, -0.2) is 0 Å². The maximum Gasteiger partial charge on any atom is 0.294 e. The molecule has 0 saturated heterocycles. The SMILES string of the molecule is CCCc1[nH]c(=S)[nH]c(=O)c1OC. The number of nitrogens with one attached hydrogen (secondary N) is 2. The second-order valence-electron chi connectivity index (χ2n) is 2.67. The molecule has 0 aliphatic carbocycles. The Labute approximate surface area is 81.0 Å². The fourth-order valence-electron chi connectivity index (χ4n) is 1.16. The van der Waals surface area contributed by atoms with Crippen LogP contribution in [0.1, 0.15) is 19.0 Å². The predicted octanol–water partition coefficient (Wildman–Crippen LogP) is 1.39. The fraction of sp³-hybridized carbons (Fsp3) is 0.500. The van der Waals surface area contributed by atoms with Crippen molar-refractivity contribution >= 4 is 12.2 Å². The first-order chi connectivity index (χ1) is 6.19. The molecule has 13 heavy (non-hydrogen) atoms. The summed E-state index contributed by atoms with van der Waals surface area (Å²) in [4.78, 5) is 16.7. The maximum absolute atomic E-state index is 11.3. The Morgan fingerprint density at radius 1 is 1.46 bits per heavy atom. The Kier molecular flexibility index (Phi) is 3.25. The molecule has 0 unspecified atom stereocenters. The Hall–Kier alpha value is -1.10. The number of aromatic nitrogens is 2. The van der Waals surface area contributed by atoms with E-state index in [-0.39, 0.29) is 5.56 Å². The van der Waals surface area contributed by atoms with Gasteiger partial charge < -0.3 is 9.72 Å². The molecule has 2 N–H and O–H groups in total. The molecular formula is C8H12N2O2S. The lowest BCUT2D eigenvalue weighted by Crippen LogP contribution is -2.14. The molecule has 0 aliphatic rings. The van der Waals surface area contributed by atoms with Gasteiger partial charge in [0, 0.05) is 0 Å². The highest BCUT2D eigenvalue weighted by Gasteiger charge is 2.06. The highest BCUT2D eigenvalue weighted by atomic mass is 32.1. The quantitative estimate of drug-likeness (QED) is 0.725. The number of ether oxygens (including phenoxy) is 1. The largest absolute Gasteiger partial charge is 0.490 e. The zero-order chi connectivity index (χ0) is 9.84. The number of rotatable bonds is 3. The van der Waals surface area contributed by atoms with Gasteiger partial charge in [0.2, 0.25) is 5.75 Å². The van der Waals surface area contributed by atoms with Crippen LogP contribution in [-0.4, -0.2) is 17.1 Å². The van der Waals surface area contributed by atoms with E-state index < -0.39 is 0 Å². The number of hydrogen-bond donors (Lipinski definition) is 2. The molecule has 1 rings (SSSR count).